The Morgan fingerprint density at radius 2 is 1.78 bits per heavy atom. The molecule has 1 aromatic carbocycles. The standard InChI is InChI=1S/C13H15F3N2/c14-13(15,16)7-1-2-8-18-10-12-5-3-11(9-17)4-6-12/h3-6,18H,1-2,7-8,10H2. The minimum Gasteiger partial charge on any atom is -0.313 e. The molecule has 0 radical (unpaired) electrons. The van der Waals surface area contributed by atoms with Crippen molar-refractivity contribution in [3.05, 3.63) is 35.4 Å². The van der Waals surface area contributed by atoms with E-state index in [1.165, 1.54) is 0 Å². The van der Waals surface area contributed by atoms with Crippen molar-refractivity contribution in [2.75, 3.05) is 6.54 Å². The molecule has 5 heteroatoms. The molecule has 0 aromatic heterocycles. The summed E-state index contributed by atoms with van der Waals surface area (Å²) < 4.78 is 35.6. The SMILES string of the molecule is N#Cc1ccc(CNCCCCC(F)(F)F)cc1. The monoisotopic (exact) mass is 256 g/mol. The molecular weight excluding hydrogens is 241 g/mol. The van der Waals surface area contributed by atoms with Crippen LogP contribution >= 0.6 is 0 Å². The smallest absolute Gasteiger partial charge is 0.313 e. The van der Waals surface area contributed by atoms with E-state index in [1.54, 1.807) is 12.1 Å². The van der Waals surface area contributed by atoms with E-state index < -0.39 is 12.6 Å². The quantitative estimate of drug-likeness (QED) is 0.792. The minimum absolute atomic E-state index is 0.157. The number of halogens is 3. The first-order valence-corrected chi connectivity index (χ1v) is 5.78. The van der Waals surface area contributed by atoms with Gasteiger partial charge in [0.1, 0.15) is 0 Å². The Bertz CT molecular complexity index is 390. The lowest BCUT2D eigenvalue weighted by Gasteiger charge is -2.07. The molecule has 1 aromatic rings. The lowest BCUT2D eigenvalue weighted by Crippen LogP contribution is -2.15. The Labute approximate surface area is 104 Å². The van der Waals surface area contributed by atoms with Crippen LogP contribution in [0.2, 0.25) is 0 Å². The maximum atomic E-state index is 11.9. The lowest BCUT2D eigenvalue weighted by atomic mass is 10.1. The van der Waals surface area contributed by atoms with Crippen LogP contribution < -0.4 is 5.32 Å². The molecule has 18 heavy (non-hydrogen) atoms. The van der Waals surface area contributed by atoms with Crippen molar-refractivity contribution in [2.24, 2.45) is 0 Å². The number of nitrogens with one attached hydrogen (secondary N) is 1. The number of benzene rings is 1. The number of rotatable bonds is 6. The second-order valence-electron chi connectivity index (χ2n) is 4.06. The Morgan fingerprint density at radius 1 is 1.11 bits per heavy atom. The maximum Gasteiger partial charge on any atom is 0.389 e. The van der Waals surface area contributed by atoms with Crippen molar-refractivity contribution >= 4 is 0 Å². The molecule has 0 aliphatic carbocycles. The predicted octanol–water partition coefficient (Wildman–Crippen LogP) is 3.38. The van der Waals surface area contributed by atoms with Crippen molar-refractivity contribution in [1.82, 2.24) is 5.32 Å². The van der Waals surface area contributed by atoms with Crippen molar-refractivity contribution in [1.29, 1.82) is 5.26 Å². The summed E-state index contributed by atoms with van der Waals surface area (Å²) in [7, 11) is 0. The molecule has 0 unspecified atom stereocenters. The van der Waals surface area contributed by atoms with Gasteiger partial charge in [-0.25, -0.2) is 0 Å². The summed E-state index contributed by atoms with van der Waals surface area (Å²) in [6.07, 6.45) is -4.10. The summed E-state index contributed by atoms with van der Waals surface area (Å²) in [6.45, 7) is 1.17. The second kappa shape index (κ2) is 7.02. The number of hydrogen-bond donors (Lipinski definition) is 1. The summed E-state index contributed by atoms with van der Waals surface area (Å²) in [5, 5.41) is 11.7. The first-order chi connectivity index (χ1) is 8.51. The Hall–Kier alpha value is -1.54. The van der Waals surface area contributed by atoms with Crippen LogP contribution in [0.4, 0.5) is 13.2 Å². The van der Waals surface area contributed by atoms with Crippen LogP contribution in [-0.4, -0.2) is 12.7 Å². The average molecular weight is 256 g/mol. The van der Waals surface area contributed by atoms with Crippen LogP contribution in [-0.2, 0) is 6.54 Å². The third kappa shape index (κ3) is 6.26. The highest BCUT2D eigenvalue weighted by molar-refractivity contribution is 5.31. The highest BCUT2D eigenvalue weighted by atomic mass is 19.4. The van der Waals surface area contributed by atoms with Crippen LogP contribution in [0.5, 0.6) is 0 Å². The normalized spacial score (nSPS) is 11.2. The fourth-order valence-corrected chi connectivity index (χ4v) is 1.51. The highest BCUT2D eigenvalue weighted by Crippen LogP contribution is 2.21. The maximum absolute atomic E-state index is 11.9. The molecule has 0 heterocycles. The van der Waals surface area contributed by atoms with Gasteiger partial charge in [-0.15, -0.1) is 0 Å². The predicted molar refractivity (Wildman–Crippen MR) is 62.8 cm³/mol. The van der Waals surface area contributed by atoms with Crippen molar-refractivity contribution in [3.63, 3.8) is 0 Å². The zero-order valence-electron chi connectivity index (χ0n) is 9.93. The third-order valence-corrected chi connectivity index (χ3v) is 2.48. The number of nitrogens with zero attached hydrogens (tertiary/aromatic N) is 1. The summed E-state index contributed by atoms with van der Waals surface area (Å²) in [5.74, 6) is 0. The average Bonchev–Trinajstić information content (AvgIpc) is 2.33. The Morgan fingerprint density at radius 3 is 2.33 bits per heavy atom. The van der Waals surface area contributed by atoms with E-state index in [0.717, 1.165) is 5.56 Å². The molecule has 0 aliphatic heterocycles. The van der Waals surface area contributed by atoms with Crippen LogP contribution in [0, 0.1) is 11.3 Å². The molecule has 0 bridgehead atoms. The van der Waals surface area contributed by atoms with Crippen LogP contribution in [0.25, 0.3) is 0 Å². The zero-order chi connectivity index (χ0) is 13.4. The Balaban J connectivity index is 2.12. The fourth-order valence-electron chi connectivity index (χ4n) is 1.51. The van der Waals surface area contributed by atoms with E-state index in [2.05, 4.69) is 5.32 Å². The van der Waals surface area contributed by atoms with E-state index in [-0.39, 0.29) is 6.42 Å². The second-order valence-corrected chi connectivity index (χ2v) is 4.06. The first kappa shape index (κ1) is 14.5. The molecule has 1 N–H and O–H groups in total. The summed E-state index contributed by atoms with van der Waals surface area (Å²) in [5.41, 5.74) is 1.62. The topological polar surface area (TPSA) is 35.8 Å². The molecule has 98 valence electrons. The van der Waals surface area contributed by atoms with Gasteiger partial charge in [0.25, 0.3) is 0 Å². The van der Waals surface area contributed by atoms with E-state index in [4.69, 9.17) is 5.26 Å². The largest absolute Gasteiger partial charge is 0.389 e. The molecule has 1 rings (SSSR count). The molecule has 2 nitrogen and oxygen atoms in total. The highest BCUT2D eigenvalue weighted by Gasteiger charge is 2.25. The van der Waals surface area contributed by atoms with Crippen LogP contribution in [0.15, 0.2) is 24.3 Å². The van der Waals surface area contributed by atoms with E-state index in [9.17, 15) is 13.2 Å². The summed E-state index contributed by atoms with van der Waals surface area (Å²) in [4.78, 5) is 0. The number of alkyl halides is 3. The van der Waals surface area contributed by atoms with Gasteiger partial charge in [0.15, 0.2) is 0 Å². The molecule has 0 amide bonds. The molecule has 0 saturated heterocycles. The van der Waals surface area contributed by atoms with Gasteiger partial charge in [-0.1, -0.05) is 12.1 Å². The van der Waals surface area contributed by atoms with E-state index in [1.807, 2.05) is 18.2 Å². The van der Waals surface area contributed by atoms with Crippen molar-refractivity contribution in [3.8, 4) is 6.07 Å². The first-order valence-electron chi connectivity index (χ1n) is 5.78. The van der Waals surface area contributed by atoms with E-state index >= 15 is 0 Å². The van der Waals surface area contributed by atoms with Gasteiger partial charge in [0, 0.05) is 13.0 Å². The zero-order valence-corrected chi connectivity index (χ0v) is 9.93. The van der Waals surface area contributed by atoms with Gasteiger partial charge in [-0.3, -0.25) is 0 Å². The van der Waals surface area contributed by atoms with Crippen LogP contribution in [0.3, 0.4) is 0 Å². The Kier molecular flexibility index (Phi) is 5.66. The van der Waals surface area contributed by atoms with Crippen molar-refractivity contribution < 1.29 is 13.2 Å². The van der Waals surface area contributed by atoms with Gasteiger partial charge < -0.3 is 5.32 Å². The molecule has 0 fully saturated rings. The molecular formula is C13H15F3N2. The fraction of sp³-hybridized carbons (Fsp3) is 0.462. The van der Waals surface area contributed by atoms with Crippen molar-refractivity contribution in [2.45, 2.75) is 32.0 Å². The number of unbranched alkanes of at least 4 members (excludes halogenated alkanes) is 1. The molecule has 0 spiro atoms. The summed E-state index contributed by atoms with van der Waals surface area (Å²) in [6, 6.07) is 9.14. The van der Waals surface area contributed by atoms with Gasteiger partial charge in [0.2, 0.25) is 0 Å². The number of nitriles is 1. The van der Waals surface area contributed by atoms with E-state index in [0.29, 0.717) is 25.1 Å². The van der Waals surface area contributed by atoms with Gasteiger partial charge in [-0.05, 0) is 37.1 Å². The minimum atomic E-state index is -4.05. The molecule has 0 aliphatic rings. The van der Waals surface area contributed by atoms with Gasteiger partial charge in [0.05, 0.1) is 11.6 Å². The summed E-state index contributed by atoms with van der Waals surface area (Å²) >= 11 is 0. The molecule has 0 atom stereocenters. The van der Waals surface area contributed by atoms with Gasteiger partial charge in [-0.2, -0.15) is 18.4 Å². The number of hydrogen-bond acceptors (Lipinski definition) is 2. The molecule has 0 saturated carbocycles. The van der Waals surface area contributed by atoms with Gasteiger partial charge >= 0.3 is 6.18 Å². The van der Waals surface area contributed by atoms with Crippen LogP contribution in [0.1, 0.15) is 30.4 Å². The lowest BCUT2D eigenvalue weighted by molar-refractivity contribution is -0.135. The third-order valence-electron chi connectivity index (χ3n) is 2.48.